The third kappa shape index (κ3) is 2.86. The summed E-state index contributed by atoms with van der Waals surface area (Å²) in [5, 5.41) is 0. The van der Waals surface area contributed by atoms with Crippen LogP contribution in [0.4, 0.5) is 0 Å². The van der Waals surface area contributed by atoms with Gasteiger partial charge in [-0.05, 0) is 12.1 Å². The zero-order valence-electron chi connectivity index (χ0n) is 12.8. The molecule has 0 saturated carbocycles. The molecule has 0 radical (unpaired) electrons. The summed E-state index contributed by atoms with van der Waals surface area (Å²) in [6.45, 7) is 1.35. The number of likely N-dealkylation sites (tertiary alicyclic amines) is 1. The van der Waals surface area contributed by atoms with Crippen molar-refractivity contribution in [2.45, 2.75) is 12.5 Å². The molecule has 0 spiro atoms. The molecular weight excluding hydrogens is 284 g/mol. The summed E-state index contributed by atoms with van der Waals surface area (Å²) in [6, 6.07) is 7.50. The van der Waals surface area contributed by atoms with Gasteiger partial charge in [0.05, 0.1) is 12.5 Å². The standard InChI is InChI=1S/C16H20N2O4/c1-17-8-11(7-15(17)19)16(20)18(2)9-12-10-21-13-5-3-4-6-14(13)22-12/h3-6,11-12H,7-10H2,1-2H3/t11-,12+/m1/s1. The van der Waals surface area contributed by atoms with Gasteiger partial charge in [-0.25, -0.2) is 0 Å². The summed E-state index contributed by atoms with van der Waals surface area (Å²) < 4.78 is 11.5. The summed E-state index contributed by atoms with van der Waals surface area (Å²) in [4.78, 5) is 27.2. The van der Waals surface area contributed by atoms with E-state index in [0.29, 0.717) is 31.9 Å². The summed E-state index contributed by atoms with van der Waals surface area (Å²) in [6.07, 6.45) is 0.100. The van der Waals surface area contributed by atoms with Crippen molar-refractivity contribution in [2.75, 3.05) is 33.8 Å². The van der Waals surface area contributed by atoms with E-state index >= 15 is 0 Å². The summed E-state index contributed by atoms with van der Waals surface area (Å²) in [5.41, 5.74) is 0. The molecule has 2 amide bonds. The Morgan fingerprint density at radius 2 is 2.09 bits per heavy atom. The number of amides is 2. The molecule has 0 aromatic heterocycles. The summed E-state index contributed by atoms with van der Waals surface area (Å²) >= 11 is 0. The molecule has 118 valence electrons. The first kappa shape index (κ1) is 14.7. The van der Waals surface area contributed by atoms with Crippen molar-refractivity contribution in [2.24, 2.45) is 5.92 Å². The molecule has 0 N–H and O–H groups in total. The van der Waals surface area contributed by atoms with E-state index in [-0.39, 0.29) is 23.8 Å². The molecule has 2 aliphatic rings. The largest absolute Gasteiger partial charge is 0.486 e. The van der Waals surface area contributed by atoms with Crippen LogP contribution in [0.25, 0.3) is 0 Å². The quantitative estimate of drug-likeness (QED) is 0.827. The maximum absolute atomic E-state index is 12.4. The number of carbonyl (C=O) groups excluding carboxylic acids is 2. The fourth-order valence-electron chi connectivity index (χ4n) is 2.89. The number of carbonyl (C=O) groups is 2. The van der Waals surface area contributed by atoms with E-state index in [1.165, 1.54) is 0 Å². The van der Waals surface area contributed by atoms with E-state index in [1.54, 1.807) is 23.9 Å². The van der Waals surface area contributed by atoms with Crippen molar-refractivity contribution in [3.63, 3.8) is 0 Å². The van der Waals surface area contributed by atoms with Crippen molar-refractivity contribution in [1.29, 1.82) is 0 Å². The number of fused-ring (bicyclic) bond motifs is 1. The maximum atomic E-state index is 12.4. The van der Waals surface area contributed by atoms with Gasteiger partial charge in [0.1, 0.15) is 6.61 Å². The minimum Gasteiger partial charge on any atom is -0.486 e. The molecule has 2 atom stereocenters. The van der Waals surface area contributed by atoms with E-state index in [2.05, 4.69) is 0 Å². The van der Waals surface area contributed by atoms with Gasteiger partial charge in [0.2, 0.25) is 11.8 Å². The van der Waals surface area contributed by atoms with Crippen molar-refractivity contribution in [3.05, 3.63) is 24.3 Å². The fourth-order valence-corrected chi connectivity index (χ4v) is 2.89. The van der Waals surface area contributed by atoms with Gasteiger partial charge in [-0.1, -0.05) is 12.1 Å². The molecule has 0 aliphatic carbocycles. The SMILES string of the molecule is CN1C[C@H](C(=O)N(C)C[C@H]2COc3ccccc3O2)CC1=O. The molecule has 6 heteroatoms. The lowest BCUT2D eigenvalue weighted by Gasteiger charge is -2.30. The van der Waals surface area contributed by atoms with Crippen LogP contribution in [0, 0.1) is 5.92 Å². The molecule has 1 aromatic carbocycles. The summed E-state index contributed by atoms with van der Waals surface area (Å²) in [7, 11) is 3.47. The minimum atomic E-state index is -0.251. The number of hydrogen-bond donors (Lipinski definition) is 0. The highest BCUT2D eigenvalue weighted by Crippen LogP contribution is 2.31. The predicted molar refractivity (Wildman–Crippen MR) is 79.7 cm³/mol. The monoisotopic (exact) mass is 304 g/mol. The van der Waals surface area contributed by atoms with Gasteiger partial charge in [0, 0.05) is 27.1 Å². The molecule has 1 fully saturated rings. The average Bonchev–Trinajstić information content (AvgIpc) is 2.85. The molecule has 0 bridgehead atoms. The second-order valence-electron chi connectivity index (χ2n) is 5.89. The second kappa shape index (κ2) is 5.87. The highest BCUT2D eigenvalue weighted by Gasteiger charge is 2.34. The Bertz CT molecular complexity index is 589. The molecule has 6 nitrogen and oxygen atoms in total. The number of likely N-dealkylation sites (N-methyl/N-ethyl adjacent to an activating group) is 1. The van der Waals surface area contributed by atoms with Crippen molar-refractivity contribution < 1.29 is 19.1 Å². The lowest BCUT2D eigenvalue weighted by atomic mass is 10.1. The van der Waals surface area contributed by atoms with Crippen LogP contribution in [0.1, 0.15) is 6.42 Å². The molecule has 1 aromatic rings. The lowest BCUT2D eigenvalue weighted by molar-refractivity contribution is -0.135. The van der Waals surface area contributed by atoms with Crippen LogP contribution in [0.3, 0.4) is 0 Å². The Labute approximate surface area is 129 Å². The molecule has 0 unspecified atom stereocenters. The van der Waals surface area contributed by atoms with Crippen LogP contribution in [-0.4, -0.2) is 61.5 Å². The zero-order valence-corrected chi connectivity index (χ0v) is 12.8. The molecule has 3 rings (SSSR count). The second-order valence-corrected chi connectivity index (χ2v) is 5.89. The third-order valence-electron chi connectivity index (χ3n) is 4.11. The number of para-hydroxylation sites is 2. The predicted octanol–water partition coefficient (Wildman–Crippen LogP) is 0.763. The van der Waals surface area contributed by atoms with Gasteiger partial charge in [0.25, 0.3) is 0 Å². The first-order chi connectivity index (χ1) is 10.5. The maximum Gasteiger partial charge on any atom is 0.227 e. The Balaban J connectivity index is 1.57. The molecule has 2 aliphatic heterocycles. The first-order valence-corrected chi connectivity index (χ1v) is 7.42. The van der Waals surface area contributed by atoms with Gasteiger partial charge in [-0.15, -0.1) is 0 Å². The number of benzene rings is 1. The van der Waals surface area contributed by atoms with E-state index in [0.717, 1.165) is 5.75 Å². The van der Waals surface area contributed by atoms with Crippen molar-refractivity contribution >= 4 is 11.8 Å². The van der Waals surface area contributed by atoms with Crippen LogP contribution in [-0.2, 0) is 9.59 Å². The van der Waals surface area contributed by atoms with Gasteiger partial charge < -0.3 is 19.3 Å². The van der Waals surface area contributed by atoms with Crippen LogP contribution in [0.5, 0.6) is 11.5 Å². The number of rotatable bonds is 3. The van der Waals surface area contributed by atoms with Crippen LogP contribution in [0.2, 0.25) is 0 Å². The number of nitrogens with zero attached hydrogens (tertiary/aromatic N) is 2. The smallest absolute Gasteiger partial charge is 0.227 e. The van der Waals surface area contributed by atoms with E-state index in [1.807, 2.05) is 24.3 Å². The Hall–Kier alpha value is -2.24. The lowest BCUT2D eigenvalue weighted by Crippen LogP contribution is -2.44. The topological polar surface area (TPSA) is 59.1 Å². The van der Waals surface area contributed by atoms with Gasteiger partial charge >= 0.3 is 0 Å². The van der Waals surface area contributed by atoms with E-state index in [4.69, 9.17) is 9.47 Å². The van der Waals surface area contributed by atoms with Gasteiger partial charge in [-0.3, -0.25) is 9.59 Å². The van der Waals surface area contributed by atoms with Crippen LogP contribution < -0.4 is 9.47 Å². The third-order valence-corrected chi connectivity index (χ3v) is 4.11. The van der Waals surface area contributed by atoms with Crippen LogP contribution in [0.15, 0.2) is 24.3 Å². The minimum absolute atomic E-state index is 0.0137. The average molecular weight is 304 g/mol. The normalized spacial score (nSPS) is 23.5. The molecule has 2 heterocycles. The Kier molecular flexibility index (Phi) is 3.92. The highest BCUT2D eigenvalue weighted by molar-refractivity contribution is 5.89. The van der Waals surface area contributed by atoms with Gasteiger partial charge in [0.15, 0.2) is 17.6 Å². The van der Waals surface area contributed by atoms with Gasteiger partial charge in [-0.2, -0.15) is 0 Å². The van der Waals surface area contributed by atoms with E-state index < -0.39 is 0 Å². The summed E-state index contributed by atoms with van der Waals surface area (Å²) in [5.74, 6) is 1.20. The van der Waals surface area contributed by atoms with Crippen molar-refractivity contribution in [1.82, 2.24) is 9.80 Å². The Morgan fingerprint density at radius 3 is 2.77 bits per heavy atom. The van der Waals surface area contributed by atoms with Crippen molar-refractivity contribution in [3.8, 4) is 11.5 Å². The zero-order chi connectivity index (χ0) is 15.7. The molecular formula is C16H20N2O4. The number of hydrogen-bond acceptors (Lipinski definition) is 4. The molecule has 1 saturated heterocycles. The number of ether oxygens (including phenoxy) is 2. The Morgan fingerprint density at radius 1 is 1.36 bits per heavy atom. The molecule has 22 heavy (non-hydrogen) atoms. The first-order valence-electron chi connectivity index (χ1n) is 7.42. The highest BCUT2D eigenvalue weighted by atomic mass is 16.6. The van der Waals surface area contributed by atoms with Crippen LogP contribution >= 0.6 is 0 Å². The fraction of sp³-hybridized carbons (Fsp3) is 0.500. The van der Waals surface area contributed by atoms with E-state index in [9.17, 15) is 9.59 Å².